The number of carbonyl (C=O) groups is 4. The van der Waals surface area contributed by atoms with E-state index in [4.69, 9.17) is 37.0 Å². The smallest absolute Gasteiger partial charge is 0.462 e. The molecule has 450 valence electrons. The average molecular weight is 1130 g/mol. The molecule has 17 nitrogen and oxygen atoms in total. The molecule has 5 atom stereocenters. The van der Waals surface area contributed by atoms with Crippen LogP contribution in [0.4, 0.5) is 0 Å². The minimum atomic E-state index is -4.93. The minimum absolute atomic E-state index is 0.105. The standard InChI is InChI=1S/C57H110O17P2/c1-6-9-12-15-17-19-20-21-22-24-26-33-38-43-57(62)74-53(47-68-55(60)41-36-31-28-27-30-34-39-50(4)5)49-72-76(65,66)70-45-51(58)44-69-75(63,64)71-48-52(46-67-54(59)40-35-29-14-11-8-3)73-56(61)42-37-32-25-23-18-16-13-10-7-2/h50-53,58H,6-49H2,1-5H3,(H,63,64)(H,65,66)/t51-,52+,53+/m0/s1. The predicted molar refractivity (Wildman–Crippen MR) is 298 cm³/mol. The van der Waals surface area contributed by atoms with Crippen molar-refractivity contribution in [3.63, 3.8) is 0 Å². The van der Waals surface area contributed by atoms with E-state index in [2.05, 4.69) is 34.6 Å². The molecule has 0 spiro atoms. The fraction of sp³-hybridized carbons (Fsp3) is 0.930. The minimum Gasteiger partial charge on any atom is -0.462 e. The summed E-state index contributed by atoms with van der Waals surface area (Å²) in [4.78, 5) is 71.5. The lowest BCUT2D eigenvalue weighted by Gasteiger charge is -2.21. The first-order valence-electron chi connectivity index (χ1n) is 30.1. The number of phosphoric ester groups is 2. The summed E-state index contributed by atoms with van der Waals surface area (Å²) < 4.78 is 67.4. The molecule has 0 saturated carbocycles. The quantitative estimate of drug-likeness (QED) is 0.0222. The number of ether oxygens (including phenoxy) is 4. The van der Waals surface area contributed by atoms with Crippen molar-refractivity contribution in [3.05, 3.63) is 0 Å². The summed E-state index contributed by atoms with van der Waals surface area (Å²) in [7, 11) is -9.86. The zero-order chi connectivity index (χ0) is 56.4. The molecule has 0 saturated heterocycles. The molecule has 0 fully saturated rings. The highest BCUT2D eigenvalue weighted by Crippen LogP contribution is 2.45. The molecule has 2 unspecified atom stereocenters. The first-order chi connectivity index (χ1) is 36.5. The Morgan fingerprint density at radius 1 is 0.355 bits per heavy atom. The van der Waals surface area contributed by atoms with E-state index in [1.807, 2.05) is 0 Å². The van der Waals surface area contributed by atoms with E-state index in [-0.39, 0.29) is 25.7 Å². The van der Waals surface area contributed by atoms with Crippen LogP contribution in [0, 0.1) is 5.92 Å². The Labute approximate surface area is 460 Å². The van der Waals surface area contributed by atoms with Gasteiger partial charge in [0, 0.05) is 25.7 Å². The van der Waals surface area contributed by atoms with Gasteiger partial charge in [-0.3, -0.25) is 37.3 Å². The van der Waals surface area contributed by atoms with Gasteiger partial charge in [-0.05, 0) is 31.6 Å². The van der Waals surface area contributed by atoms with Gasteiger partial charge in [0.25, 0.3) is 0 Å². The van der Waals surface area contributed by atoms with Gasteiger partial charge in [-0.15, -0.1) is 0 Å². The molecule has 0 radical (unpaired) electrons. The van der Waals surface area contributed by atoms with Crippen LogP contribution in [0.25, 0.3) is 0 Å². The Morgan fingerprint density at radius 2 is 0.605 bits per heavy atom. The highest BCUT2D eigenvalue weighted by atomic mass is 31.2. The van der Waals surface area contributed by atoms with Crippen molar-refractivity contribution in [2.24, 2.45) is 5.92 Å². The van der Waals surface area contributed by atoms with Crippen LogP contribution < -0.4 is 0 Å². The van der Waals surface area contributed by atoms with Gasteiger partial charge in [0.15, 0.2) is 12.2 Å². The molecule has 0 heterocycles. The molecule has 19 heteroatoms. The molecule has 0 aliphatic heterocycles. The zero-order valence-electron chi connectivity index (χ0n) is 48.4. The number of unbranched alkanes of at least 4 members (excludes halogenated alkanes) is 29. The van der Waals surface area contributed by atoms with E-state index in [1.165, 1.54) is 89.9 Å². The van der Waals surface area contributed by atoms with Crippen LogP contribution in [0.3, 0.4) is 0 Å². The van der Waals surface area contributed by atoms with Crippen LogP contribution >= 0.6 is 15.6 Å². The van der Waals surface area contributed by atoms with Crippen LogP contribution in [-0.2, 0) is 65.4 Å². The Kier molecular flexibility index (Phi) is 49.9. The van der Waals surface area contributed by atoms with Gasteiger partial charge in [-0.25, -0.2) is 9.13 Å². The largest absolute Gasteiger partial charge is 0.472 e. The van der Waals surface area contributed by atoms with Crippen LogP contribution in [0.15, 0.2) is 0 Å². The van der Waals surface area contributed by atoms with Gasteiger partial charge in [0.1, 0.15) is 19.3 Å². The summed E-state index contributed by atoms with van der Waals surface area (Å²) in [6.07, 6.45) is 32.5. The number of rotatable bonds is 57. The Bertz CT molecular complexity index is 1500. The lowest BCUT2D eigenvalue weighted by Crippen LogP contribution is -2.30. The van der Waals surface area contributed by atoms with Gasteiger partial charge < -0.3 is 33.8 Å². The summed E-state index contributed by atoms with van der Waals surface area (Å²) in [6, 6.07) is 0. The maximum Gasteiger partial charge on any atom is 0.472 e. The molecule has 3 N–H and O–H groups in total. The number of hydrogen-bond donors (Lipinski definition) is 3. The van der Waals surface area contributed by atoms with Gasteiger partial charge in [0.05, 0.1) is 26.4 Å². The molecular formula is C57H110O17P2. The van der Waals surface area contributed by atoms with Crippen LogP contribution in [0.2, 0.25) is 0 Å². The molecule has 0 aromatic heterocycles. The highest BCUT2D eigenvalue weighted by Gasteiger charge is 2.30. The summed E-state index contributed by atoms with van der Waals surface area (Å²) in [6.45, 7) is 6.95. The van der Waals surface area contributed by atoms with E-state index < -0.39 is 97.5 Å². The van der Waals surface area contributed by atoms with E-state index in [1.54, 1.807) is 0 Å². The number of carbonyl (C=O) groups excluding carboxylic acids is 4. The van der Waals surface area contributed by atoms with Gasteiger partial charge in [-0.2, -0.15) is 0 Å². The molecule has 0 aliphatic carbocycles. The second-order valence-corrected chi connectivity index (χ2v) is 24.1. The fourth-order valence-corrected chi connectivity index (χ4v) is 9.92. The van der Waals surface area contributed by atoms with Crippen molar-refractivity contribution in [3.8, 4) is 0 Å². The second kappa shape index (κ2) is 51.2. The topological polar surface area (TPSA) is 237 Å². The normalized spacial score (nSPS) is 14.4. The van der Waals surface area contributed by atoms with Crippen molar-refractivity contribution < 1.29 is 80.2 Å². The Hall–Kier alpha value is -1.94. The SMILES string of the molecule is CCCCCCCCCCCCCCCC(=O)O[C@H](COC(=O)CCCCCCCCC(C)C)COP(=O)(O)OC[C@@H](O)COP(=O)(O)OC[C@@H](COC(=O)CCCCCCC)OC(=O)CCCCCCCCCCC. The third kappa shape index (κ3) is 51.5. The molecular weight excluding hydrogens is 1020 g/mol. The number of esters is 4. The van der Waals surface area contributed by atoms with Crippen molar-refractivity contribution in [1.82, 2.24) is 0 Å². The van der Waals surface area contributed by atoms with Crippen LogP contribution in [0.1, 0.15) is 279 Å². The van der Waals surface area contributed by atoms with Crippen LogP contribution in [0.5, 0.6) is 0 Å². The first kappa shape index (κ1) is 74.1. The average Bonchev–Trinajstić information content (AvgIpc) is 3.38. The molecule has 0 aromatic rings. The Balaban J connectivity index is 5.17. The number of aliphatic hydroxyl groups excluding tert-OH is 1. The van der Waals surface area contributed by atoms with E-state index in [0.29, 0.717) is 31.6 Å². The summed E-state index contributed by atoms with van der Waals surface area (Å²) in [5, 5.41) is 10.5. The summed E-state index contributed by atoms with van der Waals surface area (Å²) in [5.74, 6) is -1.48. The molecule has 0 amide bonds. The number of phosphoric acid groups is 2. The van der Waals surface area contributed by atoms with Crippen molar-refractivity contribution >= 4 is 39.5 Å². The molecule has 76 heavy (non-hydrogen) atoms. The van der Waals surface area contributed by atoms with Crippen molar-refractivity contribution in [1.29, 1.82) is 0 Å². The van der Waals surface area contributed by atoms with Gasteiger partial charge >= 0.3 is 39.5 Å². The maximum absolute atomic E-state index is 12.9. The monoisotopic (exact) mass is 1130 g/mol. The lowest BCUT2D eigenvalue weighted by molar-refractivity contribution is -0.161. The first-order valence-corrected chi connectivity index (χ1v) is 33.1. The van der Waals surface area contributed by atoms with E-state index in [0.717, 1.165) is 103 Å². The fourth-order valence-electron chi connectivity index (χ4n) is 8.34. The maximum atomic E-state index is 12.9. The molecule has 0 aliphatic rings. The predicted octanol–water partition coefficient (Wildman–Crippen LogP) is 15.1. The van der Waals surface area contributed by atoms with Crippen LogP contribution in [-0.4, -0.2) is 96.7 Å². The second-order valence-electron chi connectivity index (χ2n) is 21.2. The van der Waals surface area contributed by atoms with E-state index in [9.17, 15) is 43.2 Å². The molecule has 0 rings (SSSR count). The van der Waals surface area contributed by atoms with Gasteiger partial charge in [0.2, 0.25) is 0 Å². The van der Waals surface area contributed by atoms with Crippen molar-refractivity contribution in [2.75, 3.05) is 39.6 Å². The van der Waals surface area contributed by atoms with Gasteiger partial charge in [-0.1, -0.05) is 227 Å². The Morgan fingerprint density at radius 3 is 0.895 bits per heavy atom. The van der Waals surface area contributed by atoms with Crippen molar-refractivity contribution in [2.45, 2.75) is 297 Å². The third-order valence-electron chi connectivity index (χ3n) is 13.0. The highest BCUT2D eigenvalue weighted by molar-refractivity contribution is 7.47. The number of aliphatic hydroxyl groups is 1. The summed E-state index contributed by atoms with van der Waals surface area (Å²) >= 11 is 0. The zero-order valence-corrected chi connectivity index (χ0v) is 50.2. The number of hydrogen-bond acceptors (Lipinski definition) is 15. The molecule has 0 bridgehead atoms. The third-order valence-corrected chi connectivity index (χ3v) is 14.9. The summed E-state index contributed by atoms with van der Waals surface area (Å²) in [5.41, 5.74) is 0. The molecule has 0 aromatic carbocycles. The lowest BCUT2D eigenvalue weighted by atomic mass is 10.0. The van der Waals surface area contributed by atoms with E-state index >= 15 is 0 Å².